The summed E-state index contributed by atoms with van der Waals surface area (Å²) in [7, 11) is 7.23. The van der Waals surface area contributed by atoms with Crippen LogP contribution in [0.5, 0.6) is 0 Å². The minimum atomic E-state index is -4.64. The maximum Gasteiger partial charge on any atom is 0.446 e. The third-order valence-corrected chi connectivity index (χ3v) is 2.95. The van der Waals surface area contributed by atoms with Gasteiger partial charge in [-0.2, -0.15) is 13.2 Å². The lowest BCUT2D eigenvalue weighted by molar-refractivity contribution is -0.156. The summed E-state index contributed by atoms with van der Waals surface area (Å²) in [5, 5.41) is 12.2. The molecule has 0 bridgehead atoms. The van der Waals surface area contributed by atoms with E-state index in [4.69, 9.17) is 16.4 Å². The fourth-order valence-electron chi connectivity index (χ4n) is 1.47. The quantitative estimate of drug-likeness (QED) is 0.309. The molecule has 0 aliphatic heterocycles. The van der Waals surface area contributed by atoms with Crippen LogP contribution in [-0.4, -0.2) is 58.5 Å². The summed E-state index contributed by atoms with van der Waals surface area (Å²) < 4.78 is 31.2. The van der Waals surface area contributed by atoms with Gasteiger partial charge in [0.1, 0.15) is 11.0 Å². The lowest BCUT2D eigenvalue weighted by Gasteiger charge is -2.09. The predicted molar refractivity (Wildman–Crippen MR) is 101 cm³/mol. The lowest BCUT2D eigenvalue weighted by atomic mass is 10.2. The number of anilines is 1. The molecule has 0 saturated carbocycles. The predicted octanol–water partition coefficient (Wildman–Crippen LogP) is 1.97. The van der Waals surface area contributed by atoms with E-state index in [1.165, 1.54) is 0 Å². The molecule has 7 nitrogen and oxygen atoms in total. The van der Waals surface area contributed by atoms with Crippen molar-refractivity contribution in [1.29, 1.82) is 0 Å². The van der Waals surface area contributed by atoms with E-state index < -0.39 is 12.5 Å². The highest BCUT2D eigenvalue weighted by molar-refractivity contribution is 6.29. The number of carbonyl (C=O) groups is 2. The van der Waals surface area contributed by atoms with Gasteiger partial charge in [-0.3, -0.25) is 9.59 Å². The van der Waals surface area contributed by atoms with Gasteiger partial charge < -0.3 is 21.3 Å². The number of aromatic nitrogens is 1. The number of nitrogens with one attached hydrogen (secondary N) is 4. The summed E-state index contributed by atoms with van der Waals surface area (Å²) >= 11 is 5.57. The number of allylic oxidation sites excluding steroid dienone is 1. The summed E-state index contributed by atoms with van der Waals surface area (Å²) in [5.74, 6) is 0.794. The number of likely N-dealkylation sites (N-methyl/N-ethyl adjacent to an activating group) is 1. The molecule has 0 aromatic carbocycles. The average Bonchev–Trinajstić information content (AvgIpc) is 2.65. The Kier molecular flexibility index (Phi) is 15.8. The van der Waals surface area contributed by atoms with Crippen molar-refractivity contribution >= 4 is 30.0 Å². The van der Waals surface area contributed by atoms with Crippen LogP contribution in [0.3, 0.4) is 0 Å². The van der Waals surface area contributed by atoms with E-state index in [9.17, 15) is 18.0 Å². The molecule has 0 spiro atoms. The van der Waals surface area contributed by atoms with E-state index in [1.807, 2.05) is 26.2 Å². The first-order valence-corrected chi connectivity index (χ1v) is 8.08. The first kappa shape index (κ1) is 26.9. The van der Waals surface area contributed by atoms with E-state index in [0.29, 0.717) is 10.9 Å². The van der Waals surface area contributed by atoms with Crippen molar-refractivity contribution in [2.24, 2.45) is 0 Å². The average molecular weight is 412 g/mol. The zero-order valence-electron chi connectivity index (χ0n) is 15.6. The lowest BCUT2D eigenvalue weighted by Crippen LogP contribution is -2.21. The highest BCUT2D eigenvalue weighted by Crippen LogP contribution is 2.08. The molecule has 0 radical (unpaired) electrons. The number of hydrogen-bond acceptors (Lipinski definition) is 7. The van der Waals surface area contributed by atoms with Crippen LogP contribution >= 0.6 is 11.6 Å². The molecule has 11 heteroatoms. The number of rotatable bonds is 7. The molecule has 27 heavy (non-hydrogen) atoms. The Hall–Kier alpha value is -2.33. The van der Waals surface area contributed by atoms with E-state index in [2.05, 4.69) is 26.3 Å². The second-order valence-corrected chi connectivity index (χ2v) is 5.01. The SMILES string of the molecule is CNCC/C(NC)=C(/C=O)NC.CNc1cccc(Cl)n1.O=CC(F)(F)F. The van der Waals surface area contributed by atoms with Crippen molar-refractivity contribution in [2.75, 3.05) is 40.1 Å². The number of alkyl halides is 3. The van der Waals surface area contributed by atoms with Gasteiger partial charge in [0.2, 0.25) is 6.29 Å². The van der Waals surface area contributed by atoms with Gasteiger partial charge in [-0.25, -0.2) is 4.98 Å². The number of carbonyl (C=O) groups excluding carboxylic acids is 2. The second-order valence-electron chi connectivity index (χ2n) is 4.62. The third kappa shape index (κ3) is 15.6. The minimum absolute atomic E-state index is 0.516. The summed E-state index contributed by atoms with van der Waals surface area (Å²) in [5.41, 5.74) is 1.55. The Balaban J connectivity index is 0. The van der Waals surface area contributed by atoms with Crippen molar-refractivity contribution < 1.29 is 22.8 Å². The summed E-state index contributed by atoms with van der Waals surface area (Å²) in [4.78, 5) is 23.2. The van der Waals surface area contributed by atoms with Crippen LogP contribution in [0.4, 0.5) is 19.0 Å². The van der Waals surface area contributed by atoms with Gasteiger partial charge in [-0.1, -0.05) is 17.7 Å². The molecule has 1 aromatic heterocycles. The van der Waals surface area contributed by atoms with Gasteiger partial charge in [0.25, 0.3) is 0 Å². The molecular weight excluding hydrogens is 387 g/mol. The molecular formula is C16H25ClF3N5O2. The molecule has 0 atom stereocenters. The Bertz CT molecular complexity index is 583. The Morgan fingerprint density at radius 2 is 1.74 bits per heavy atom. The molecule has 0 unspecified atom stereocenters. The summed E-state index contributed by atoms with van der Waals surface area (Å²) in [6, 6.07) is 5.44. The largest absolute Gasteiger partial charge is 0.446 e. The van der Waals surface area contributed by atoms with Crippen LogP contribution < -0.4 is 21.3 Å². The molecule has 0 saturated heterocycles. The Morgan fingerprint density at radius 3 is 2.04 bits per heavy atom. The summed E-state index contributed by atoms with van der Waals surface area (Å²) in [6.07, 6.45) is -4.06. The van der Waals surface area contributed by atoms with Crippen LogP contribution in [0.25, 0.3) is 0 Å². The van der Waals surface area contributed by atoms with E-state index in [0.717, 1.165) is 30.8 Å². The van der Waals surface area contributed by atoms with E-state index in [-0.39, 0.29) is 0 Å². The van der Waals surface area contributed by atoms with Crippen molar-refractivity contribution in [3.8, 4) is 0 Å². The zero-order valence-corrected chi connectivity index (χ0v) is 16.3. The normalized spacial score (nSPS) is 10.8. The van der Waals surface area contributed by atoms with Crippen LogP contribution in [0.1, 0.15) is 6.42 Å². The molecule has 0 amide bonds. The maximum absolute atomic E-state index is 10.5. The zero-order chi connectivity index (χ0) is 21.3. The molecule has 1 heterocycles. The van der Waals surface area contributed by atoms with Gasteiger partial charge in [0, 0.05) is 39.8 Å². The molecule has 1 aromatic rings. The number of halogens is 4. The highest BCUT2D eigenvalue weighted by Gasteiger charge is 2.24. The van der Waals surface area contributed by atoms with Gasteiger partial charge in [0.05, 0.1) is 5.70 Å². The van der Waals surface area contributed by atoms with E-state index >= 15 is 0 Å². The second kappa shape index (κ2) is 15.9. The van der Waals surface area contributed by atoms with E-state index in [1.54, 1.807) is 20.2 Å². The minimum Gasteiger partial charge on any atom is -0.390 e. The number of hydrogen-bond donors (Lipinski definition) is 4. The molecule has 154 valence electrons. The topological polar surface area (TPSA) is 95.2 Å². The Morgan fingerprint density at radius 1 is 1.15 bits per heavy atom. The fourth-order valence-corrected chi connectivity index (χ4v) is 1.64. The number of pyridine rings is 1. The molecule has 0 aliphatic rings. The van der Waals surface area contributed by atoms with Gasteiger partial charge in [0.15, 0.2) is 6.29 Å². The molecule has 0 aliphatic carbocycles. The van der Waals surface area contributed by atoms with Crippen molar-refractivity contribution in [2.45, 2.75) is 12.6 Å². The van der Waals surface area contributed by atoms with Gasteiger partial charge in [-0.05, 0) is 19.2 Å². The maximum atomic E-state index is 10.5. The third-order valence-electron chi connectivity index (χ3n) is 2.74. The van der Waals surface area contributed by atoms with Gasteiger partial charge >= 0.3 is 6.18 Å². The molecule has 1 rings (SSSR count). The van der Waals surface area contributed by atoms with Crippen molar-refractivity contribution in [1.82, 2.24) is 20.9 Å². The number of aldehydes is 2. The number of nitrogens with zero attached hydrogens (tertiary/aromatic N) is 1. The van der Waals surface area contributed by atoms with Crippen LogP contribution in [-0.2, 0) is 9.59 Å². The molecule has 4 N–H and O–H groups in total. The van der Waals surface area contributed by atoms with Gasteiger partial charge in [-0.15, -0.1) is 0 Å². The first-order valence-electron chi connectivity index (χ1n) is 7.70. The van der Waals surface area contributed by atoms with Crippen molar-refractivity contribution in [3.63, 3.8) is 0 Å². The summed E-state index contributed by atoms with van der Waals surface area (Å²) in [6.45, 7) is 0.856. The smallest absolute Gasteiger partial charge is 0.390 e. The Labute approximate surface area is 161 Å². The van der Waals surface area contributed by atoms with Crippen LogP contribution in [0.2, 0.25) is 5.15 Å². The molecule has 0 fully saturated rings. The van der Waals surface area contributed by atoms with Crippen molar-refractivity contribution in [3.05, 3.63) is 34.7 Å². The monoisotopic (exact) mass is 411 g/mol. The highest BCUT2D eigenvalue weighted by atomic mass is 35.5. The first-order chi connectivity index (χ1) is 12.7. The van der Waals surface area contributed by atoms with Crippen LogP contribution in [0.15, 0.2) is 29.6 Å². The fraction of sp³-hybridized carbons (Fsp3) is 0.438. The standard InChI is InChI=1S/C8H17N3O.C6H7ClN2.C2HF3O/c1-9-5-4-7(10-2)8(6-12)11-3;1-8-6-4-2-3-5(7)9-6;3-2(4,5)1-6/h6,9-11H,4-5H2,1-3H3;2-4H,1H3,(H,8,9);1H/b8-7+;;. The van der Waals surface area contributed by atoms with Crippen LogP contribution in [0, 0.1) is 0 Å².